The minimum absolute atomic E-state index is 0.0493. The molecule has 0 fully saturated rings. The van der Waals surface area contributed by atoms with E-state index in [2.05, 4.69) is 0 Å². The number of carbonyl (C=O) groups excluding carboxylic acids is 1. The summed E-state index contributed by atoms with van der Waals surface area (Å²) in [6.45, 7) is 1.20. The minimum atomic E-state index is -0.178. The molecule has 1 N–H and O–H groups in total. The summed E-state index contributed by atoms with van der Waals surface area (Å²) in [6, 6.07) is 0. The SMILES string of the molecule is COCCN(CCO)C(=O)CCl. The van der Waals surface area contributed by atoms with Crippen molar-refractivity contribution in [3.05, 3.63) is 0 Å². The van der Waals surface area contributed by atoms with Crippen molar-refractivity contribution in [3.8, 4) is 0 Å². The van der Waals surface area contributed by atoms with Crippen molar-refractivity contribution in [1.29, 1.82) is 0 Å². The largest absolute Gasteiger partial charge is 0.395 e. The fourth-order valence-corrected chi connectivity index (χ4v) is 0.937. The van der Waals surface area contributed by atoms with E-state index in [4.69, 9.17) is 21.4 Å². The van der Waals surface area contributed by atoms with Crippen LogP contribution < -0.4 is 0 Å². The molecule has 0 bridgehead atoms. The van der Waals surface area contributed by atoms with Crippen molar-refractivity contribution in [2.75, 3.05) is 39.3 Å². The Kier molecular flexibility index (Phi) is 7.14. The average molecular weight is 196 g/mol. The van der Waals surface area contributed by atoms with Crippen LogP contribution in [0.4, 0.5) is 0 Å². The van der Waals surface area contributed by atoms with Crippen LogP contribution in [0.2, 0.25) is 0 Å². The van der Waals surface area contributed by atoms with Gasteiger partial charge in [0.2, 0.25) is 5.91 Å². The number of methoxy groups -OCH3 is 1. The second-order valence-electron chi connectivity index (χ2n) is 2.23. The van der Waals surface area contributed by atoms with E-state index >= 15 is 0 Å². The molecule has 0 aromatic heterocycles. The zero-order chi connectivity index (χ0) is 9.40. The Bertz CT molecular complexity index is 132. The van der Waals surface area contributed by atoms with Gasteiger partial charge in [0.05, 0.1) is 13.2 Å². The molecule has 0 aromatic carbocycles. The first-order chi connectivity index (χ1) is 5.76. The van der Waals surface area contributed by atoms with Gasteiger partial charge < -0.3 is 14.7 Å². The molecule has 0 heterocycles. The highest BCUT2D eigenvalue weighted by atomic mass is 35.5. The molecule has 0 rings (SSSR count). The minimum Gasteiger partial charge on any atom is -0.395 e. The van der Waals surface area contributed by atoms with Gasteiger partial charge in [0.25, 0.3) is 0 Å². The van der Waals surface area contributed by atoms with Crippen LogP contribution in [-0.4, -0.2) is 55.2 Å². The Labute approximate surface area is 77.1 Å². The normalized spacial score (nSPS) is 9.92. The Balaban J connectivity index is 3.76. The predicted octanol–water partition coefficient (Wildman–Crippen LogP) is -0.307. The Morgan fingerprint density at radius 3 is 2.67 bits per heavy atom. The highest BCUT2D eigenvalue weighted by Crippen LogP contribution is 1.91. The van der Waals surface area contributed by atoms with Crippen LogP contribution in [0, 0.1) is 0 Å². The second kappa shape index (κ2) is 7.34. The summed E-state index contributed by atoms with van der Waals surface area (Å²) in [5, 5.41) is 8.60. The molecular weight excluding hydrogens is 182 g/mol. The standard InChI is InChI=1S/C7H14ClNO3/c1-12-5-3-9(2-4-10)7(11)6-8/h10H,2-6H2,1H3. The first kappa shape index (κ1) is 11.7. The number of amides is 1. The average Bonchev–Trinajstić information content (AvgIpc) is 2.11. The van der Waals surface area contributed by atoms with Crippen molar-refractivity contribution < 1.29 is 14.6 Å². The number of rotatable bonds is 6. The van der Waals surface area contributed by atoms with Gasteiger partial charge in [0.1, 0.15) is 5.88 Å². The van der Waals surface area contributed by atoms with Crippen LogP contribution in [0.15, 0.2) is 0 Å². The Morgan fingerprint density at radius 1 is 1.58 bits per heavy atom. The predicted molar refractivity (Wildman–Crippen MR) is 46.3 cm³/mol. The molecule has 0 aliphatic carbocycles. The molecule has 0 saturated heterocycles. The maximum atomic E-state index is 11.0. The van der Waals surface area contributed by atoms with Crippen molar-refractivity contribution in [2.45, 2.75) is 0 Å². The number of alkyl halides is 1. The van der Waals surface area contributed by atoms with Crippen LogP contribution in [0.25, 0.3) is 0 Å². The Hall–Kier alpha value is -0.320. The summed E-state index contributed by atoms with van der Waals surface area (Å²) >= 11 is 5.35. The molecule has 0 radical (unpaired) electrons. The van der Waals surface area contributed by atoms with Crippen molar-refractivity contribution >= 4 is 17.5 Å². The van der Waals surface area contributed by atoms with E-state index < -0.39 is 0 Å². The smallest absolute Gasteiger partial charge is 0.237 e. The van der Waals surface area contributed by atoms with Gasteiger partial charge in [0, 0.05) is 20.2 Å². The van der Waals surface area contributed by atoms with Gasteiger partial charge in [-0.15, -0.1) is 11.6 Å². The first-order valence-electron chi connectivity index (χ1n) is 3.69. The summed E-state index contributed by atoms with van der Waals surface area (Å²) in [5.74, 6) is -0.230. The number of carbonyl (C=O) groups is 1. The van der Waals surface area contributed by atoms with E-state index in [9.17, 15) is 4.79 Å². The van der Waals surface area contributed by atoms with Crippen molar-refractivity contribution in [1.82, 2.24) is 4.90 Å². The number of aliphatic hydroxyl groups is 1. The van der Waals surface area contributed by atoms with E-state index in [1.165, 1.54) is 4.90 Å². The molecule has 0 aliphatic rings. The van der Waals surface area contributed by atoms with Gasteiger partial charge in [-0.2, -0.15) is 0 Å². The molecule has 0 aliphatic heterocycles. The molecule has 0 atom stereocenters. The second-order valence-corrected chi connectivity index (χ2v) is 2.50. The molecule has 0 spiro atoms. The monoisotopic (exact) mass is 195 g/mol. The van der Waals surface area contributed by atoms with Gasteiger partial charge in [0.15, 0.2) is 0 Å². The molecule has 1 amide bonds. The van der Waals surface area contributed by atoms with Crippen molar-refractivity contribution in [3.63, 3.8) is 0 Å². The summed E-state index contributed by atoms with van der Waals surface area (Å²) in [4.78, 5) is 12.5. The highest BCUT2D eigenvalue weighted by Gasteiger charge is 2.10. The maximum Gasteiger partial charge on any atom is 0.237 e. The lowest BCUT2D eigenvalue weighted by molar-refractivity contribution is -0.129. The lowest BCUT2D eigenvalue weighted by Gasteiger charge is -2.19. The van der Waals surface area contributed by atoms with Gasteiger partial charge in [-0.1, -0.05) is 0 Å². The van der Waals surface area contributed by atoms with E-state index in [0.29, 0.717) is 19.7 Å². The molecule has 0 aromatic rings. The van der Waals surface area contributed by atoms with Gasteiger partial charge in [-0.05, 0) is 0 Å². The fraction of sp³-hybridized carbons (Fsp3) is 0.857. The number of halogens is 1. The molecule has 0 unspecified atom stereocenters. The number of hydrogen-bond acceptors (Lipinski definition) is 3. The third-order valence-corrected chi connectivity index (χ3v) is 1.63. The highest BCUT2D eigenvalue weighted by molar-refractivity contribution is 6.27. The van der Waals surface area contributed by atoms with Crippen LogP contribution in [-0.2, 0) is 9.53 Å². The van der Waals surface area contributed by atoms with Gasteiger partial charge in [-0.25, -0.2) is 0 Å². The third kappa shape index (κ3) is 4.54. The van der Waals surface area contributed by atoms with Gasteiger partial charge in [-0.3, -0.25) is 4.79 Å². The fourth-order valence-electron chi connectivity index (χ4n) is 0.768. The van der Waals surface area contributed by atoms with E-state index in [1.807, 2.05) is 0 Å². The number of nitrogens with zero attached hydrogens (tertiary/aromatic N) is 1. The van der Waals surface area contributed by atoms with E-state index in [-0.39, 0.29) is 18.4 Å². The lowest BCUT2D eigenvalue weighted by Crippen LogP contribution is -2.36. The van der Waals surface area contributed by atoms with Crippen LogP contribution >= 0.6 is 11.6 Å². The molecule has 0 saturated carbocycles. The Morgan fingerprint density at radius 2 is 2.25 bits per heavy atom. The quantitative estimate of drug-likeness (QED) is 0.592. The van der Waals surface area contributed by atoms with Crippen molar-refractivity contribution in [2.24, 2.45) is 0 Å². The van der Waals surface area contributed by atoms with Gasteiger partial charge >= 0.3 is 0 Å². The maximum absolute atomic E-state index is 11.0. The van der Waals surface area contributed by atoms with Crippen LogP contribution in [0.3, 0.4) is 0 Å². The first-order valence-corrected chi connectivity index (χ1v) is 4.23. The molecule has 12 heavy (non-hydrogen) atoms. The topological polar surface area (TPSA) is 49.8 Å². The third-order valence-electron chi connectivity index (χ3n) is 1.40. The van der Waals surface area contributed by atoms with Crippen LogP contribution in [0.1, 0.15) is 0 Å². The number of hydrogen-bond donors (Lipinski definition) is 1. The summed E-state index contributed by atoms with van der Waals surface area (Å²) in [6.07, 6.45) is 0. The number of ether oxygens (including phenoxy) is 1. The molecule has 4 nitrogen and oxygen atoms in total. The summed E-state index contributed by atoms with van der Waals surface area (Å²) < 4.78 is 4.79. The summed E-state index contributed by atoms with van der Waals surface area (Å²) in [5.41, 5.74) is 0. The van der Waals surface area contributed by atoms with E-state index in [1.54, 1.807) is 7.11 Å². The molecule has 72 valence electrons. The van der Waals surface area contributed by atoms with Crippen LogP contribution in [0.5, 0.6) is 0 Å². The molecular formula is C7H14ClNO3. The lowest BCUT2D eigenvalue weighted by atomic mass is 10.4. The number of aliphatic hydroxyl groups excluding tert-OH is 1. The van der Waals surface area contributed by atoms with E-state index in [0.717, 1.165) is 0 Å². The zero-order valence-electron chi connectivity index (χ0n) is 7.12. The summed E-state index contributed by atoms with van der Waals surface area (Å²) in [7, 11) is 1.56. The zero-order valence-corrected chi connectivity index (χ0v) is 7.88. The molecule has 5 heteroatoms.